The monoisotopic (exact) mass is 292 g/mol. The third-order valence-electron chi connectivity index (χ3n) is 4.44. The van der Waals surface area contributed by atoms with Gasteiger partial charge >= 0.3 is 6.18 Å². The molecule has 116 valence electrons. The molecule has 1 aliphatic heterocycles. The average Bonchev–Trinajstić information content (AvgIpc) is 2.37. The van der Waals surface area contributed by atoms with Gasteiger partial charge in [-0.15, -0.1) is 0 Å². The zero-order valence-electron chi connectivity index (χ0n) is 11.8. The minimum absolute atomic E-state index is 0.0398. The lowest BCUT2D eigenvalue weighted by molar-refractivity contribution is -0.198. The van der Waals surface area contributed by atoms with Crippen LogP contribution in [0.4, 0.5) is 13.2 Å². The maximum absolute atomic E-state index is 13.0. The standard InChI is InChI=1S/C14H23F3N2O/c1-9-6-10(8-18-7-9)19-13(20)11-4-2-3-5-12(11)14(15,16)17/h9-12,18H,2-8H2,1H3,(H,19,20). The van der Waals surface area contributed by atoms with E-state index in [-0.39, 0.29) is 12.5 Å². The Morgan fingerprint density at radius 3 is 2.55 bits per heavy atom. The molecule has 4 atom stereocenters. The Kier molecular flexibility index (Phi) is 4.94. The van der Waals surface area contributed by atoms with E-state index >= 15 is 0 Å². The number of alkyl halides is 3. The van der Waals surface area contributed by atoms with Crippen LogP contribution in [0.2, 0.25) is 0 Å². The molecule has 1 saturated carbocycles. The maximum atomic E-state index is 13.0. The molecule has 1 aliphatic carbocycles. The van der Waals surface area contributed by atoms with Gasteiger partial charge in [0.1, 0.15) is 0 Å². The van der Waals surface area contributed by atoms with Gasteiger partial charge in [0.15, 0.2) is 0 Å². The topological polar surface area (TPSA) is 41.1 Å². The van der Waals surface area contributed by atoms with Crippen molar-refractivity contribution >= 4 is 5.91 Å². The van der Waals surface area contributed by atoms with Crippen molar-refractivity contribution in [2.75, 3.05) is 13.1 Å². The van der Waals surface area contributed by atoms with E-state index in [9.17, 15) is 18.0 Å². The van der Waals surface area contributed by atoms with Gasteiger partial charge in [-0.3, -0.25) is 4.79 Å². The second kappa shape index (κ2) is 6.33. The molecule has 2 fully saturated rings. The number of piperidine rings is 1. The number of halogens is 3. The zero-order valence-corrected chi connectivity index (χ0v) is 11.8. The van der Waals surface area contributed by atoms with Gasteiger partial charge in [0.25, 0.3) is 0 Å². The SMILES string of the molecule is CC1CNCC(NC(=O)C2CCCCC2C(F)(F)F)C1. The van der Waals surface area contributed by atoms with E-state index in [4.69, 9.17) is 0 Å². The molecule has 1 saturated heterocycles. The second-order valence-electron chi connectivity index (χ2n) is 6.24. The molecule has 1 heterocycles. The average molecular weight is 292 g/mol. The Bertz CT molecular complexity index is 346. The lowest BCUT2D eigenvalue weighted by atomic mass is 9.78. The molecule has 0 aromatic heterocycles. The molecule has 0 aromatic carbocycles. The predicted octanol–water partition coefficient (Wildman–Crippen LogP) is 2.47. The van der Waals surface area contributed by atoms with Gasteiger partial charge in [0.2, 0.25) is 5.91 Å². The summed E-state index contributed by atoms with van der Waals surface area (Å²) in [5.41, 5.74) is 0. The van der Waals surface area contributed by atoms with Crippen LogP contribution in [0.1, 0.15) is 39.0 Å². The van der Waals surface area contributed by atoms with E-state index in [1.807, 2.05) is 0 Å². The Balaban J connectivity index is 1.95. The quantitative estimate of drug-likeness (QED) is 0.821. The summed E-state index contributed by atoms with van der Waals surface area (Å²) in [6.07, 6.45) is -1.71. The third-order valence-corrected chi connectivity index (χ3v) is 4.44. The minimum atomic E-state index is -4.26. The summed E-state index contributed by atoms with van der Waals surface area (Å²) in [6, 6.07) is -0.0398. The van der Waals surface area contributed by atoms with Crippen molar-refractivity contribution in [3.8, 4) is 0 Å². The number of amides is 1. The summed E-state index contributed by atoms with van der Waals surface area (Å²) >= 11 is 0. The van der Waals surface area contributed by atoms with Crippen LogP contribution < -0.4 is 10.6 Å². The Morgan fingerprint density at radius 1 is 1.20 bits per heavy atom. The van der Waals surface area contributed by atoms with Crippen LogP contribution >= 0.6 is 0 Å². The molecular weight excluding hydrogens is 269 g/mol. The fourth-order valence-corrected chi connectivity index (χ4v) is 3.41. The normalized spacial score (nSPS) is 35.6. The van der Waals surface area contributed by atoms with Crippen molar-refractivity contribution in [3.05, 3.63) is 0 Å². The summed E-state index contributed by atoms with van der Waals surface area (Å²) in [5.74, 6) is -2.34. The number of nitrogens with one attached hydrogen (secondary N) is 2. The van der Waals surface area contributed by atoms with Crippen LogP contribution in [0.5, 0.6) is 0 Å². The molecule has 4 unspecified atom stereocenters. The maximum Gasteiger partial charge on any atom is 0.392 e. The first-order valence-electron chi connectivity index (χ1n) is 7.45. The lowest BCUT2D eigenvalue weighted by Gasteiger charge is -2.34. The summed E-state index contributed by atoms with van der Waals surface area (Å²) in [5, 5.41) is 6.02. The second-order valence-corrected chi connectivity index (χ2v) is 6.24. The van der Waals surface area contributed by atoms with E-state index in [2.05, 4.69) is 17.6 Å². The molecule has 0 radical (unpaired) electrons. The highest BCUT2D eigenvalue weighted by Crippen LogP contribution is 2.41. The van der Waals surface area contributed by atoms with Crippen LogP contribution in [0.25, 0.3) is 0 Å². The van der Waals surface area contributed by atoms with Gasteiger partial charge in [-0.1, -0.05) is 19.8 Å². The Hall–Kier alpha value is -0.780. The largest absolute Gasteiger partial charge is 0.392 e. The number of carbonyl (C=O) groups is 1. The van der Waals surface area contributed by atoms with Crippen LogP contribution in [0.15, 0.2) is 0 Å². The van der Waals surface area contributed by atoms with Crippen LogP contribution in [-0.4, -0.2) is 31.2 Å². The van der Waals surface area contributed by atoms with E-state index in [1.165, 1.54) is 0 Å². The molecule has 6 heteroatoms. The third kappa shape index (κ3) is 3.87. The first-order valence-corrected chi connectivity index (χ1v) is 7.45. The predicted molar refractivity (Wildman–Crippen MR) is 70.1 cm³/mol. The molecule has 0 spiro atoms. The molecule has 20 heavy (non-hydrogen) atoms. The van der Waals surface area contributed by atoms with Gasteiger partial charge in [-0.05, 0) is 31.7 Å². The Morgan fingerprint density at radius 2 is 1.90 bits per heavy atom. The zero-order chi connectivity index (χ0) is 14.8. The van der Waals surface area contributed by atoms with Gasteiger partial charge in [-0.2, -0.15) is 13.2 Å². The van der Waals surface area contributed by atoms with Crippen molar-refractivity contribution in [2.24, 2.45) is 17.8 Å². The summed E-state index contributed by atoms with van der Waals surface area (Å²) in [4.78, 5) is 12.2. The van der Waals surface area contributed by atoms with E-state index in [0.29, 0.717) is 31.7 Å². The molecule has 2 N–H and O–H groups in total. The highest BCUT2D eigenvalue weighted by atomic mass is 19.4. The van der Waals surface area contributed by atoms with Crippen molar-refractivity contribution < 1.29 is 18.0 Å². The summed E-state index contributed by atoms with van der Waals surface area (Å²) < 4.78 is 39.0. The highest BCUT2D eigenvalue weighted by Gasteiger charge is 2.48. The number of hydrogen-bond donors (Lipinski definition) is 2. The molecule has 2 rings (SSSR count). The molecule has 1 amide bonds. The fourth-order valence-electron chi connectivity index (χ4n) is 3.41. The summed E-state index contributed by atoms with van der Waals surface area (Å²) in [7, 11) is 0. The first-order chi connectivity index (χ1) is 9.38. The van der Waals surface area contributed by atoms with Crippen molar-refractivity contribution in [2.45, 2.75) is 51.2 Å². The Labute approximate surface area is 117 Å². The molecule has 2 aliphatic rings. The highest BCUT2D eigenvalue weighted by molar-refractivity contribution is 5.79. The summed E-state index contributed by atoms with van der Waals surface area (Å²) in [6.45, 7) is 3.63. The van der Waals surface area contributed by atoms with Gasteiger partial charge in [0.05, 0.1) is 5.92 Å². The van der Waals surface area contributed by atoms with Crippen molar-refractivity contribution in [1.82, 2.24) is 10.6 Å². The molecule has 0 bridgehead atoms. The number of hydrogen-bond acceptors (Lipinski definition) is 2. The molecular formula is C14H23F3N2O. The van der Waals surface area contributed by atoms with Crippen molar-refractivity contribution in [3.63, 3.8) is 0 Å². The van der Waals surface area contributed by atoms with Crippen LogP contribution in [-0.2, 0) is 4.79 Å². The minimum Gasteiger partial charge on any atom is -0.352 e. The van der Waals surface area contributed by atoms with Crippen LogP contribution in [0.3, 0.4) is 0 Å². The van der Waals surface area contributed by atoms with Crippen molar-refractivity contribution in [1.29, 1.82) is 0 Å². The van der Waals surface area contributed by atoms with Gasteiger partial charge in [-0.25, -0.2) is 0 Å². The fraction of sp³-hybridized carbons (Fsp3) is 0.929. The first kappa shape index (κ1) is 15.6. The number of carbonyl (C=O) groups excluding carboxylic acids is 1. The lowest BCUT2D eigenvalue weighted by Crippen LogP contribution is -2.52. The van der Waals surface area contributed by atoms with Gasteiger partial charge in [0, 0.05) is 18.5 Å². The van der Waals surface area contributed by atoms with Gasteiger partial charge < -0.3 is 10.6 Å². The van der Waals surface area contributed by atoms with Crippen LogP contribution in [0, 0.1) is 17.8 Å². The molecule has 3 nitrogen and oxygen atoms in total. The number of rotatable bonds is 2. The van der Waals surface area contributed by atoms with E-state index in [1.54, 1.807) is 0 Å². The smallest absolute Gasteiger partial charge is 0.352 e. The van der Waals surface area contributed by atoms with E-state index < -0.39 is 23.9 Å². The van der Waals surface area contributed by atoms with E-state index in [0.717, 1.165) is 13.0 Å². The molecule has 0 aromatic rings.